The first kappa shape index (κ1) is 66.9. The van der Waals surface area contributed by atoms with E-state index in [0.29, 0.717) is 6.42 Å². The number of hydrogen-bond acceptors (Lipinski definition) is 8. The molecule has 416 valence electrons. The van der Waals surface area contributed by atoms with Crippen molar-refractivity contribution in [2.24, 2.45) is 0 Å². The molecule has 70 heavy (non-hydrogen) atoms. The van der Waals surface area contributed by atoms with E-state index in [9.17, 15) is 30.3 Å². The Kier molecular flexibility index (Phi) is 49.2. The van der Waals surface area contributed by atoms with Crippen molar-refractivity contribution in [1.29, 1.82) is 0 Å². The van der Waals surface area contributed by atoms with Gasteiger partial charge in [0.1, 0.15) is 24.4 Å². The fraction of sp³-hybridized carbons (Fsp3) is 0.951. The first-order valence-electron chi connectivity index (χ1n) is 30.9. The quantitative estimate of drug-likeness (QED) is 0.0261. The topological polar surface area (TPSA) is 149 Å². The molecule has 1 saturated heterocycles. The highest BCUT2D eigenvalue weighted by Gasteiger charge is 2.44. The van der Waals surface area contributed by atoms with E-state index in [4.69, 9.17) is 9.47 Å². The summed E-state index contributed by atoms with van der Waals surface area (Å²) in [6, 6.07) is -0.799. The highest BCUT2D eigenvalue weighted by molar-refractivity contribution is 5.76. The third-order valence-electron chi connectivity index (χ3n) is 15.1. The van der Waals surface area contributed by atoms with Crippen LogP contribution in [0.1, 0.15) is 316 Å². The highest BCUT2D eigenvalue weighted by Crippen LogP contribution is 2.23. The lowest BCUT2D eigenvalue weighted by Crippen LogP contribution is -2.60. The lowest BCUT2D eigenvalue weighted by molar-refractivity contribution is -0.302. The summed E-state index contributed by atoms with van der Waals surface area (Å²) in [5.41, 5.74) is 0. The summed E-state index contributed by atoms with van der Waals surface area (Å²) in [6.07, 6.45) is 57.4. The minimum Gasteiger partial charge on any atom is -0.394 e. The summed E-state index contributed by atoms with van der Waals surface area (Å²) in [5.74, 6) is -0.170. The first-order chi connectivity index (χ1) is 34.3. The van der Waals surface area contributed by atoms with Crippen LogP contribution in [0.25, 0.3) is 0 Å². The molecule has 1 heterocycles. The first-order valence-corrected chi connectivity index (χ1v) is 30.9. The van der Waals surface area contributed by atoms with Crippen LogP contribution in [0.4, 0.5) is 0 Å². The normalized spacial score (nSPS) is 19.3. The van der Waals surface area contributed by atoms with E-state index in [1.165, 1.54) is 257 Å². The van der Waals surface area contributed by atoms with Crippen LogP contribution in [0.5, 0.6) is 0 Å². The number of carbonyl (C=O) groups is 1. The van der Waals surface area contributed by atoms with Gasteiger partial charge in [-0.15, -0.1) is 0 Å². The predicted molar refractivity (Wildman–Crippen MR) is 295 cm³/mol. The smallest absolute Gasteiger partial charge is 0.220 e. The Morgan fingerprint density at radius 3 is 1.11 bits per heavy atom. The Labute approximate surface area is 433 Å². The molecule has 7 atom stereocenters. The molecule has 0 saturated carbocycles. The second-order valence-electron chi connectivity index (χ2n) is 21.9. The Bertz CT molecular complexity index is 1110. The molecule has 0 spiro atoms. The number of allylic oxidation sites excluding steroid dienone is 1. The van der Waals surface area contributed by atoms with Crippen LogP contribution in [0.15, 0.2) is 12.2 Å². The van der Waals surface area contributed by atoms with Crippen LogP contribution >= 0.6 is 0 Å². The van der Waals surface area contributed by atoms with Crippen molar-refractivity contribution in [1.82, 2.24) is 5.32 Å². The largest absolute Gasteiger partial charge is 0.394 e. The van der Waals surface area contributed by atoms with E-state index in [1.807, 2.05) is 6.08 Å². The highest BCUT2D eigenvalue weighted by atomic mass is 16.7. The van der Waals surface area contributed by atoms with Crippen LogP contribution in [-0.2, 0) is 14.3 Å². The zero-order valence-electron chi connectivity index (χ0n) is 46.3. The van der Waals surface area contributed by atoms with E-state index >= 15 is 0 Å². The lowest BCUT2D eigenvalue weighted by atomic mass is 9.99. The monoisotopic (exact) mass is 994 g/mol. The van der Waals surface area contributed by atoms with Gasteiger partial charge in [0.15, 0.2) is 6.29 Å². The second kappa shape index (κ2) is 51.4. The molecule has 0 bridgehead atoms. The van der Waals surface area contributed by atoms with Gasteiger partial charge >= 0.3 is 0 Å². The number of hydrogen-bond donors (Lipinski definition) is 6. The van der Waals surface area contributed by atoms with Crippen LogP contribution in [0.2, 0.25) is 0 Å². The van der Waals surface area contributed by atoms with E-state index in [0.717, 1.165) is 38.5 Å². The molecule has 0 aliphatic carbocycles. The zero-order chi connectivity index (χ0) is 50.8. The summed E-state index contributed by atoms with van der Waals surface area (Å²) in [7, 11) is 0. The maximum absolute atomic E-state index is 13.0. The molecule has 1 aliphatic heterocycles. The van der Waals surface area contributed by atoms with Gasteiger partial charge in [0, 0.05) is 6.42 Å². The van der Waals surface area contributed by atoms with E-state index in [2.05, 4.69) is 19.2 Å². The average Bonchev–Trinajstić information content (AvgIpc) is 3.36. The molecular formula is C61H119NO8. The molecule has 2 unspecified atom stereocenters. The molecule has 1 aliphatic rings. The molecule has 9 nitrogen and oxygen atoms in total. The van der Waals surface area contributed by atoms with Gasteiger partial charge in [-0.2, -0.15) is 0 Å². The number of aliphatic hydroxyl groups is 5. The number of rotatable bonds is 54. The number of carbonyl (C=O) groups excluding carboxylic acids is 1. The Balaban J connectivity index is 2.06. The molecule has 6 N–H and O–H groups in total. The maximum atomic E-state index is 13.0. The van der Waals surface area contributed by atoms with E-state index < -0.39 is 49.5 Å². The van der Waals surface area contributed by atoms with Crippen molar-refractivity contribution in [2.45, 2.75) is 358 Å². The van der Waals surface area contributed by atoms with E-state index in [-0.39, 0.29) is 12.5 Å². The summed E-state index contributed by atoms with van der Waals surface area (Å²) in [5, 5.41) is 54.4. The third kappa shape index (κ3) is 40.3. The van der Waals surface area contributed by atoms with Gasteiger partial charge in [0.2, 0.25) is 5.91 Å². The summed E-state index contributed by atoms with van der Waals surface area (Å²) in [4.78, 5) is 13.0. The van der Waals surface area contributed by atoms with Gasteiger partial charge in [-0.1, -0.05) is 302 Å². The summed E-state index contributed by atoms with van der Waals surface area (Å²) in [6.45, 7) is 3.81. The van der Waals surface area contributed by atoms with Gasteiger partial charge < -0.3 is 40.3 Å². The third-order valence-corrected chi connectivity index (χ3v) is 15.1. The van der Waals surface area contributed by atoms with Gasteiger partial charge in [-0.05, 0) is 19.3 Å². The maximum Gasteiger partial charge on any atom is 0.220 e. The van der Waals surface area contributed by atoms with Crippen LogP contribution in [-0.4, -0.2) is 87.5 Å². The molecule has 0 aromatic carbocycles. The van der Waals surface area contributed by atoms with Crippen molar-refractivity contribution in [3.05, 3.63) is 12.2 Å². The minimum atomic E-state index is -1.56. The molecule has 9 heteroatoms. The number of aliphatic hydroxyl groups excluding tert-OH is 5. The predicted octanol–water partition coefficient (Wildman–Crippen LogP) is 15.6. The molecule has 1 amide bonds. The average molecular weight is 995 g/mol. The molecule has 1 fully saturated rings. The zero-order valence-corrected chi connectivity index (χ0v) is 46.3. The Morgan fingerprint density at radius 1 is 0.471 bits per heavy atom. The number of nitrogens with one attached hydrogen (secondary N) is 1. The minimum absolute atomic E-state index is 0.170. The van der Waals surface area contributed by atoms with Crippen molar-refractivity contribution in [3.63, 3.8) is 0 Å². The van der Waals surface area contributed by atoms with Crippen molar-refractivity contribution in [2.75, 3.05) is 13.2 Å². The number of ether oxygens (including phenoxy) is 2. The summed E-state index contributed by atoms with van der Waals surface area (Å²) >= 11 is 0. The van der Waals surface area contributed by atoms with Crippen LogP contribution in [0.3, 0.4) is 0 Å². The van der Waals surface area contributed by atoms with Crippen molar-refractivity contribution in [3.8, 4) is 0 Å². The van der Waals surface area contributed by atoms with Crippen LogP contribution < -0.4 is 5.32 Å². The Morgan fingerprint density at radius 2 is 0.786 bits per heavy atom. The van der Waals surface area contributed by atoms with E-state index in [1.54, 1.807) is 6.08 Å². The number of unbranched alkanes of at least 4 members (excludes halogenated alkanes) is 44. The second-order valence-corrected chi connectivity index (χ2v) is 21.9. The Hall–Kier alpha value is -1.07. The fourth-order valence-electron chi connectivity index (χ4n) is 10.2. The molecule has 0 aromatic heterocycles. The molecule has 1 rings (SSSR count). The SMILES string of the molecule is CCCCCCCCCCCCC/C=C/[C@@H](O)[C@H](CO[C@@H]1O[C@H](CO)[C@H](O)C(O)C1O)NC(=O)CCCCCCCCCCCCCCCCCCCCCCCCCCCCCCCCCCCC. The molecule has 0 aromatic rings. The molecular weight excluding hydrogens is 875 g/mol. The lowest BCUT2D eigenvalue weighted by Gasteiger charge is -2.40. The summed E-state index contributed by atoms with van der Waals surface area (Å²) < 4.78 is 11.3. The molecule has 0 radical (unpaired) electrons. The number of amides is 1. The van der Waals surface area contributed by atoms with Gasteiger partial charge in [0.05, 0.1) is 25.4 Å². The van der Waals surface area contributed by atoms with Gasteiger partial charge in [-0.3, -0.25) is 4.79 Å². The van der Waals surface area contributed by atoms with Gasteiger partial charge in [0.25, 0.3) is 0 Å². The van der Waals surface area contributed by atoms with Crippen molar-refractivity contribution < 1.29 is 39.8 Å². The van der Waals surface area contributed by atoms with Gasteiger partial charge in [-0.25, -0.2) is 0 Å². The standard InChI is InChI=1S/C61H119NO8/c1-3-5-7-9-11-13-15-17-18-19-20-21-22-23-24-25-26-27-28-29-30-31-32-33-34-35-36-37-39-41-43-45-47-49-51-57(65)62-54(53-69-61-60(68)59(67)58(66)56(52-63)70-61)55(64)50-48-46-44-42-40-38-16-14-12-10-8-6-4-2/h48,50,54-56,58-61,63-64,66-68H,3-47,49,51-53H2,1-2H3,(H,62,65)/b50-48+/t54-,55+,56+,58-,59?,60?,61+/m0/s1. The van der Waals surface area contributed by atoms with Crippen molar-refractivity contribution >= 4 is 5.91 Å². The fourth-order valence-corrected chi connectivity index (χ4v) is 10.2. The van der Waals surface area contributed by atoms with Crippen LogP contribution in [0, 0.1) is 0 Å².